The van der Waals surface area contributed by atoms with Crippen LogP contribution in [-0.4, -0.2) is 24.3 Å². The van der Waals surface area contributed by atoms with Crippen LogP contribution in [0.5, 0.6) is 11.5 Å². The molecule has 0 spiro atoms. The Kier molecular flexibility index (Phi) is 8.05. The molecule has 38 heavy (non-hydrogen) atoms. The van der Waals surface area contributed by atoms with Gasteiger partial charge in [-0.1, -0.05) is 84.9 Å². The largest absolute Gasteiger partial charge is 0.466 e. The Morgan fingerprint density at radius 1 is 0.816 bits per heavy atom. The second kappa shape index (κ2) is 12.0. The Balaban J connectivity index is 1.56. The molecule has 1 aliphatic rings. The van der Waals surface area contributed by atoms with Gasteiger partial charge in [0.1, 0.15) is 0 Å². The van der Waals surface area contributed by atoms with Gasteiger partial charge in [0, 0.05) is 18.6 Å². The molecule has 1 aliphatic heterocycles. The summed E-state index contributed by atoms with van der Waals surface area (Å²) >= 11 is 0. The lowest BCUT2D eigenvalue weighted by Gasteiger charge is -2.37. The molecule has 0 N–H and O–H groups in total. The van der Waals surface area contributed by atoms with Crippen molar-refractivity contribution >= 4 is 5.97 Å². The first-order chi connectivity index (χ1) is 18.6. The van der Waals surface area contributed by atoms with E-state index in [1.54, 1.807) is 0 Å². The number of hydrogen-bond donors (Lipinski definition) is 0. The van der Waals surface area contributed by atoms with Crippen molar-refractivity contribution in [2.24, 2.45) is 0 Å². The van der Waals surface area contributed by atoms with E-state index in [2.05, 4.69) is 84.6 Å². The summed E-state index contributed by atoms with van der Waals surface area (Å²) in [6.45, 7) is 5.34. The van der Waals surface area contributed by atoms with Gasteiger partial charge in [0.2, 0.25) is 6.79 Å². The number of rotatable bonds is 10. The molecule has 5 nitrogen and oxygen atoms in total. The monoisotopic (exact) mass is 507 g/mol. The van der Waals surface area contributed by atoms with Crippen molar-refractivity contribution in [3.8, 4) is 22.6 Å². The molecule has 0 unspecified atom stereocenters. The summed E-state index contributed by atoms with van der Waals surface area (Å²) in [5.41, 5.74) is 5.55. The minimum Gasteiger partial charge on any atom is -0.466 e. The summed E-state index contributed by atoms with van der Waals surface area (Å²) in [5, 5.41) is 0. The molecule has 5 rings (SSSR count). The van der Waals surface area contributed by atoms with Crippen molar-refractivity contribution in [1.29, 1.82) is 0 Å². The number of nitrogens with zero attached hydrogens (tertiary/aromatic N) is 1. The van der Waals surface area contributed by atoms with Crippen molar-refractivity contribution in [1.82, 2.24) is 4.90 Å². The first kappa shape index (κ1) is 25.6. The third-order valence-electron chi connectivity index (χ3n) is 7.03. The van der Waals surface area contributed by atoms with Crippen molar-refractivity contribution in [3.63, 3.8) is 0 Å². The van der Waals surface area contributed by atoms with Crippen molar-refractivity contribution < 1.29 is 19.0 Å². The summed E-state index contributed by atoms with van der Waals surface area (Å²) in [7, 11) is 0. The molecule has 194 valence electrons. The van der Waals surface area contributed by atoms with Crippen LogP contribution >= 0.6 is 0 Å². The van der Waals surface area contributed by atoms with Crippen molar-refractivity contribution in [2.75, 3.05) is 13.4 Å². The molecule has 0 aliphatic carbocycles. The van der Waals surface area contributed by atoms with Gasteiger partial charge in [-0.2, -0.15) is 0 Å². The van der Waals surface area contributed by atoms with E-state index in [1.165, 1.54) is 11.1 Å². The number of carbonyl (C=O) groups excluding carboxylic acids is 1. The van der Waals surface area contributed by atoms with Crippen LogP contribution < -0.4 is 9.47 Å². The molecule has 0 aromatic heterocycles. The topological polar surface area (TPSA) is 48.0 Å². The van der Waals surface area contributed by atoms with Crippen LogP contribution in [0.1, 0.15) is 49.0 Å². The maximum absolute atomic E-state index is 12.9. The highest BCUT2D eigenvalue weighted by atomic mass is 16.7. The maximum Gasteiger partial charge on any atom is 0.307 e. The molecule has 0 fully saturated rings. The number of esters is 1. The van der Waals surface area contributed by atoms with Gasteiger partial charge in [0.05, 0.1) is 13.0 Å². The number of benzene rings is 4. The number of ether oxygens (including phenoxy) is 3. The fourth-order valence-corrected chi connectivity index (χ4v) is 5.04. The smallest absolute Gasteiger partial charge is 0.307 e. The van der Waals surface area contributed by atoms with E-state index >= 15 is 0 Å². The van der Waals surface area contributed by atoms with Crippen LogP contribution in [0.25, 0.3) is 11.1 Å². The molecule has 0 radical (unpaired) electrons. The Hall–Kier alpha value is -4.09. The van der Waals surface area contributed by atoms with Gasteiger partial charge < -0.3 is 14.2 Å². The molecule has 4 aromatic rings. The Bertz CT molecular complexity index is 1360. The third-order valence-corrected chi connectivity index (χ3v) is 7.03. The summed E-state index contributed by atoms with van der Waals surface area (Å²) < 4.78 is 16.6. The van der Waals surface area contributed by atoms with Crippen molar-refractivity contribution in [3.05, 3.63) is 120 Å². The average Bonchev–Trinajstić information content (AvgIpc) is 3.44. The van der Waals surface area contributed by atoms with Gasteiger partial charge in [0.15, 0.2) is 11.5 Å². The van der Waals surface area contributed by atoms with Crippen LogP contribution in [0.2, 0.25) is 0 Å². The van der Waals surface area contributed by atoms with Crippen LogP contribution in [-0.2, 0) is 16.1 Å². The highest BCUT2D eigenvalue weighted by Gasteiger charge is 2.29. The third kappa shape index (κ3) is 5.90. The van der Waals surface area contributed by atoms with Crippen LogP contribution in [0, 0.1) is 0 Å². The first-order valence-corrected chi connectivity index (χ1v) is 13.1. The van der Waals surface area contributed by atoms with Gasteiger partial charge in [0.25, 0.3) is 0 Å². The second-order valence-corrected chi connectivity index (χ2v) is 9.46. The molecule has 4 aromatic carbocycles. The summed E-state index contributed by atoms with van der Waals surface area (Å²) in [6.07, 6.45) is 0.252. The highest BCUT2D eigenvalue weighted by Crippen LogP contribution is 2.39. The van der Waals surface area contributed by atoms with Gasteiger partial charge >= 0.3 is 5.97 Å². The number of carbonyl (C=O) groups is 1. The lowest BCUT2D eigenvalue weighted by molar-refractivity contribution is -0.145. The first-order valence-electron chi connectivity index (χ1n) is 13.1. The number of fused-ring (bicyclic) bond motifs is 1. The van der Waals surface area contributed by atoms with E-state index in [4.69, 9.17) is 14.2 Å². The molecule has 0 saturated heterocycles. The number of hydrogen-bond acceptors (Lipinski definition) is 5. The van der Waals surface area contributed by atoms with E-state index in [-0.39, 0.29) is 31.3 Å². The molecular formula is C33H33NO4. The lowest BCUT2D eigenvalue weighted by atomic mass is 9.94. The summed E-state index contributed by atoms with van der Waals surface area (Å²) in [6, 6.07) is 35.1. The van der Waals surface area contributed by atoms with Gasteiger partial charge in [-0.25, -0.2) is 0 Å². The molecule has 0 bridgehead atoms. The Morgan fingerprint density at radius 2 is 1.50 bits per heavy atom. The molecular weight excluding hydrogens is 474 g/mol. The normalized spacial score (nSPS) is 13.8. The van der Waals surface area contributed by atoms with Crippen LogP contribution in [0.4, 0.5) is 0 Å². The van der Waals surface area contributed by atoms with E-state index in [1.807, 2.05) is 37.3 Å². The van der Waals surface area contributed by atoms with Gasteiger partial charge in [-0.3, -0.25) is 9.69 Å². The molecule has 0 saturated carbocycles. The quantitative estimate of drug-likeness (QED) is 0.210. The standard InChI is InChI=1S/C33H33NO4/c1-3-36-33(35)21-30(29-16-10-15-27(19-29)28-17-18-31-32(20-28)38-23-37-31)34(22-25-11-6-4-7-12-25)24(2)26-13-8-5-9-14-26/h4-20,24,30H,3,21-23H2,1-2H3/t24-,30+/m1/s1. The van der Waals surface area contributed by atoms with Gasteiger partial charge in [-0.05, 0) is 59.9 Å². The fourth-order valence-electron chi connectivity index (χ4n) is 5.04. The van der Waals surface area contributed by atoms with E-state index < -0.39 is 0 Å². The van der Waals surface area contributed by atoms with Crippen LogP contribution in [0.3, 0.4) is 0 Å². The Labute approximate surface area is 224 Å². The fraction of sp³-hybridized carbons (Fsp3) is 0.242. The zero-order chi connectivity index (χ0) is 26.3. The molecule has 5 heteroatoms. The summed E-state index contributed by atoms with van der Waals surface area (Å²) in [4.78, 5) is 15.3. The average molecular weight is 508 g/mol. The van der Waals surface area contributed by atoms with E-state index in [0.29, 0.717) is 13.2 Å². The zero-order valence-corrected chi connectivity index (χ0v) is 21.9. The molecule has 2 atom stereocenters. The zero-order valence-electron chi connectivity index (χ0n) is 21.9. The predicted molar refractivity (Wildman–Crippen MR) is 149 cm³/mol. The highest BCUT2D eigenvalue weighted by molar-refractivity contribution is 5.71. The SMILES string of the molecule is CCOC(=O)C[C@@H](c1cccc(-c2ccc3c(c2)OCO3)c1)N(Cc1ccccc1)[C@H](C)c1ccccc1. The minimum absolute atomic E-state index is 0.0602. The van der Waals surface area contributed by atoms with E-state index in [9.17, 15) is 4.79 Å². The Morgan fingerprint density at radius 3 is 2.26 bits per heavy atom. The lowest BCUT2D eigenvalue weighted by Crippen LogP contribution is -2.33. The second-order valence-electron chi connectivity index (χ2n) is 9.46. The van der Waals surface area contributed by atoms with Crippen molar-refractivity contribution in [2.45, 2.75) is 38.9 Å². The minimum atomic E-state index is -0.204. The summed E-state index contributed by atoms with van der Waals surface area (Å²) in [5.74, 6) is 1.31. The molecule has 1 heterocycles. The van der Waals surface area contributed by atoms with Gasteiger partial charge in [-0.15, -0.1) is 0 Å². The predicted octanol–water partition coefficient (Wildman–Crippen LogP) is 7.34. The molecule has 0 amide bonds. The van der Waals surface area contributed by atoms with Crippen LogP contribution in [0.15, 0.2) is 103 Å². The maximum atomic E-state index is 12.9. The van der Waals surface area contributed by atoms with E-state index in [0.717, 1.165) is 28.2 Å².